The molecule has 0 radical (unpaired) electrons. The molecule has 0 saturated heterocycles. The first kappa shape index (κ1) is 21.0. The van der Waals surface area contributed by atoms with Crippen LogP contribution >= 0.6 is 47.4 Å². The van der Waals surface area contributed by atoms with Crippen LogP contribution in [0.5, 0.6) is 0 Å². The summed E-state index contributed by atoms with van der Waals surface area (Å²) in [7, 11) is 0. The lowest BCUT2D eigenvalue weighted by Gasteiger charge is -2.07. The third kappa shape index (κ3) is 4.65. The van der Waals surface area contributed by atoms with Crippen LogP contribution in [0.3, 0.4) is 0 Å². The average Bonchev–Trinajstić information content (AvgIpc) is 3.11. The normalized spacial score (nSPS) is 10.6. The molecule has 2 heterocycles. The van der Waals surface area contributed by atoms with Crippen molar-refractivity contribution in [2.24, 2.45) is 0 Å². The minimum atomic E-state index is -0.531. The fourth-order valence-corrected chi connectivity index (χ4v) is 3.65. The van der Waals surface area contributed by atoms with Gasteiger partial charge in [-0.3, -0.25) is 10.1 Å². The summed E-state index contributed by atoms with van der Waals surface area (Å²) in [5.74, 6) is 0.200. The van der Waals surface area contributed by atoms with E-state index in [1.54, 1.807) is 12.1 Å². The van der Waals surface area contributed by atoms with Gasteiger partial charge in [-0.1, -0.05) is 17.8 Å². The lowest BCUT2D eigenvalue weighted by atomic mass is 10.3. The van der Waals surface area contributed by atoms with Gasteiger partial charge in [0, 0.05) is 21.5 Å². The van der Waals surface area contributed by atoms with Crippen LogP contribution in [-0.2, 0) is 0 Å². The number of benzene rings is 2. The van der Waals surface area contributed by atoms with Gasteiger partial charge in [0.05, 0.1) is 4.92 Å². The number of aromatic nitrogens is 5. The first-order valence-corrected chi connectivity index (χ1v) is 9.08. The van der Waals surface area contributed by atoms with E-state index >= 15 is 0 Å². The Morgan fingerprint density at radius 2 is 1.76 bits per heavy atom. The molecule has 2 aromatic carbocycles. The molecule has 0 aliphatic carbocycles. The van der Waals surface area contributed by atoms with Gasteiger partial charge in [-0.05, 0) is 57.8 Å². The molecule has 0 saturated carbocycles. The number of nitrogens with one attached hydrogen (secondary N) is 1. The van der Waals surface area contributed by atoms with Gasteiger partial charge >= 0.3 is 5.69 Å². The lowest BCUT2D eigenvalue weighted by Crippen LogP contribution is -1.99. The number of nitro groups is 1. The van der Waals surface area contributed by atoms with Crippen LogP contribution in [0.25, 0.3) is 11.0 Å². The van der Waals surface area contributed by atoms with Gasteiger partial charge in [0.1, 0.15) is 0 Å². The summed E-state index contributed by atoms with van der Waals surface area (Å²) in [5, 5.41) is 21.4. The van der Waals surface area contributed by atoms with Crippen molar-refractivity contribution in [3.05, 3.63) is 57.1 Å². The average molecular weight is 473 g/mol. The number of fused-ring (bicyclic) bond motifs is 1. The molecule has 4 aromatic rings. The molecule has 0 fully saturated rings. The van der Waals surface area contributed by atoms with Gasteiger partial charge in [0.25, 0.3) is 0 Å². The summed E-state index contributed by atoms with van der Waals surface area (Å²) < 4.78 is 4.68. The van der Waals surface area contributed by atoms with E-state index in [0.29, 0.717) is 16.1 Å². The summed E-state index contributed by atoms with van der Waals surface area (Å²) in [6.45, 7) is 0. The topological polar surface area (TPSA) is 133 Å². The molecule has 0 spiro atoms. The number of hydrogen-bond donors (Lipinski definition) is 1. The largest absolute Gasteiger partial charge is 0.324 e. The molecule has 148 valence electrons. The highest BCUT2D eigenvalue weighted by atomic mass is 35.5. The van der Waals surface area contributed by atoms with Crippen molar-refractivity contribution in [3.63, 3.8) is 0 Å². The molecule has 4 rings (SSSR count). The van der Waals surface area contributed by atoms with E-state index in [9.17, 15) is 10.1 Å². The van der Waals surface area contributed by atoms with Gasteiger partial charge in [-0.2, -0.15) is 15.0 Å². The minimum Gasteiger partial charge on any atom is -0.324 e. The maximum absolute atomic E-state index is 11.1. The van der Waals surface area contributed by atoms with Crippen molar-refractivity contribution in [1.82, 2.24) is 25.3 Å². The van der Waals surface area contributed by atoms with E-state index in [1.807, 2.05) is 18.2 Å². The maximum atomic E-state index is 11.1. The van der Waals surface area contributed by atoms with E-state index in [1.165, 1.54) is 17.8 Å². The van der Waals surface area contributed by atoms with Crippen molar-refractivity contribution < 1.29 is 9.55 Å². The first-order chi connectivity index (χ1) is 13.5. The van der Waals surface area contributed by atoms with Crippen LogP contribution in [0.2, 0.25) is 10.6 Å². The Bertz CT molecular complexity index is 1190. The predicted molar refractivity (Wildman–Crippen MR) is 109 cm³/mol. The Morgan fingerprint density at radius 1 is 1.03 bits per heavy atom. The van der Waals surface area contributed by atoms with Crippen LogP contribution in [0.15, 0.2) is 50.8 Å². The fraction of sp³-hybridized carbons (Fsp3) is 0. The molecular weight excluding hydrogens is 465 g/mol. The summed E-state index contributed by atoms with van der Waals surface area (Å²) in [5.41, 5.74) is 0.923. The highest BCUT2D eigenvalue weighted by molar-refractivity contribution is 7.99. The Morgan fingerprint density at radius 3 is 2.48 bits per heavy atom. The molecule has 0 atom stereocenters. The van der Waals surface area contributed by atoms with Crippen LogP contribution in [0.4, 0.5) is 17.3 Å². The second kappa shape index (κ2) is 8.74. The number of halogens is 3. The monoisotopic (exact) mass is 471 g/mol. The van der Waals surface area contributed by atoms with Gasteiger partial charge in [0.2, 0.25) is 22.0 Å². The number of nitro benzene ring substituents is 1. The quantitative estimate of drug-likeness (QED) is 0.314. The first-order valence-electron chi connectivity index (χ1n) is 7.51. The standard InChI is InChI=1S/C15H7Cl2N7O3S.ClH/c16-13-19-14(17)21-15(20-13)18-7-2-1-3-8(6-7)28-10-5-4-9(24(25)26)11-12(10)23-27-22-11;/h1-6H,(H,18,19,20,21);1H. The van der Waals surface area contributed by atoms with Crippen LogP contribution in [-0.4, -0.2) is 30.2 Å². The number of hydrogen-bond acceptors (Lipinski definition) is 10. The van der Waals surface area contributed by atoms with Crippen molar-refractivity contribution in [1.29, 1.82) is 0 Å². The van der Waals surface area contributed by atoms with Crippen LogP contribution < -0.4 is 5.32 Å². The zero-order valence-electron chi connectivity index (χ0n) is 13.9. The van der Waals surface area contributed by atoms with E-state index < -0.39 is 4.92 Å². The zero-order chi connectivity index (χ0) is 19.7. The number of anilines is 2. The second-order valence-corrected chi connectivity index (χ2v) is 7.04. The van der Waals surface area contributed by atoms with Crippen molar-refractivity contribution in [2.45, 2.75) is 9.79 Å². The van der Waals surface area contributed by atoms with Crippen molar-refractivity contribution >= 4 is 75.7 Å². The third-order valence-electron chi connectivity index (χ3n) is 3.45. The van der Waals surface area contributed by atoms with E-state index in [4.69, 9.17) is 23.2 Å². The van der Waals surface area contributed by atoms with Gasteiger partial charge in [-0.25, -0.2) is 4.63 Å². The molecule has 0 aliphatic heterocycles. The van der Waals surface area contributed by atoms with Gasteiger partial charge in [-0.15, -0.1) is 12.4 Å². The van der Waals surface area contributed by atoms with Crippen molar-refractivity contribution in [3.8, 4) is 0 Å². The van der Waals surface area contributed by atoms with Gasteiger partial charge < -0.3 is 5.32 Å². The summed E-state index contributed by atoms with van der Waals surface area (Å²) in [4.78, 5) is 23.6. The molecule has 29 heavy (non-hydrogen) atoms. The molecule has 0 bridgehead atoms. The smallest absolute Gasteiger partial charge is 0.300 e. The van der Waals surface area contributed by atoms with Crippen LogP contribution in [0.1, 0.15) is 0 Å². The number of nitrogens with zero attached hydrogens (tertiary/aromatic N) is 6. The molecular formula is C15H8Cl3N7O3S. The van der Waals surface area contributed by atoms with Crippen LogP contribution in [0, 0.1) is 10.1 Å². The lowest BCUT2D eigenvalue weighted by molar-refractivity contribution is -0.383. The van der Waals surface area contributed by atoms with Crippen molar-refractivity contribution in [2.75, 3.05) is 5.32 Å². The summed E-state index contributed by atoms with van der Waals surface area (Å²) in [6, 6.07) is 10.3. The highest BCUT2D eigenvalue weighted by Crippen LogP contribution is 2.36. The molecule has 2 aromatic heterocycles. The SMILES string of the molecule is Cl.O=[N+]([O-])c1ccc(Sc2cccc(Nc3nc(Cl)nc(Cl)n3)c2)c2nonc12. The Hall–Kier alpha value is -2.73. The molecule has 14 heteroatoms. The highest BCUT2D eigenvalue weighted by Gasteiger charge is 2.20. The summed E-state index contributed by atoms with van der Waals surface area (Å²) in [6.07, 6.45) is 0. The third-order valence-corrected chi connectivity index (χ3v) is 4.83. The Labute approximate surface area is 182 Å². The molecule has 10 nitrogen and oxygen atoms in total. The molecule has 0 unspecified atom stereocenters. The fourth-order valence-electron chi connectivity index (χ4n) is 2.34. The molecule has 0 aliphatic rings. The van der Waals surface area contributed by atoms with E-state index in [2.05, 4.69) is 35.2 Å². The summed E-state index contributed by atoms with van der Waals surface area (Å²) >= 11 is 12.9. The number of non-ortho nitro benzene ring substituents is 1. The maximum Gasteiger partial charge on any atom is 0.300 e. The Balaban J connectivity index is 0.00000240. The molecule has 0 amide bonds. The molecule has 1 N–H and O–H groups in total. The zero-order valence-corrected chi connectivity index (χ0v) is 17.1. The minimum absolute atomic E-state index is 0. The second-order valence-electron chi connectivity index (χ2n) is 5.25. The van der Waals surface area contributed by atoms with E-state index in [0.717, 1.165) is 4.90 Å². The predicted octanol–water partition coefficient (Wildman–Crippen LogP) is 4.94. The number of rotatable bonds is 5. The Kier molecular flexibility index (Phi) is 6.33. The van der Waals surface area contributed by atoms with E-state index in [-0.39, 0.29) is 40.1 Å². The van der Waals surface area contributed by atoms with Gasteiger partial charge in [0.15, 0.2) is 5.52 Å².